The Balaban J connectivity index is 1.57. The number of amides is 1. The zero-order valence-electron chi connectivity index (χ0n) is 13.3. The van der Waals surface area contributed by atoms with E-state index >= 15 is 0 Å². The van der Waals surface area contributed by atoms with E-state index in [-0.39, 0.29) is 11.0 Å². The molecule has 0 saturated carbocycles. The molecular formula is C20H15ClN2OS. The molecule has 0 spiro atoms. The molecule has 3 nitrogen and oxygen atoms in total. The molecule has 5 heteroatoms. The fourth-order valence-electron chi connectivity index (χ4n) is 3.33. The van der Waals surface area contributed by atoms with Gasteiger partial charge in [0.25, 0.3) is 5.91 Å². The first kappa shape index (κ1) is 16.1. The number of rotatable bonds is 2. The molecule has 124 valence electrons. The third kappa shape index (κ3) is 2.99. The summed E-state index contributed by atoms with van der Waals surface area (Å²) in [5.74, 6) is -0.325. The molecule has 1 aliphatic carbocycles. The summed E-state index contributed by atoms with van der Waals surface area (Å²) in [6, 6.07) is 17.3. The van der Waals surface area contributed by atoms with Crippen molar-refractivity contribution in [1.82, 2.24) is 5.32 Å². The van der Waals surface area contributed by atoms with Gasteiger partial charge in [0.1, 0.15) is 0 Å². The fraction of sp³-hybridized carbons (Fsp3) is 0.100. The Bertz CT molecular complexity index is 1010. The monoisotopic (exact) mass is 366 g/mol. The molecule has 0 heterocycles. The van der Waals surface area contributed by atoms with Gasteiger partial charge >= 0.3 is 0 Å². The lowest BCUT2D eigenvalue weighted by molar-refractivity contribution is 0.0978. The molecule has 2 N–H and O–H groups in total. The molecule has 0 saturated heterocycles. The van der Waals surface area contributed by atoms with Gasteiger partial charge in [-0.25, -0.2) is 0 Å². The van der Waals surface area contributed by atoms with Crippen LogP contribution in [0.2, 0.25) is 5.02 Å². The van der Waals surface area contributed by atoms with Crippen molar-refractivity contribution in [1.29, 1.82) is 0 Å². The van der Waals surface area contributed by atoms with Gasteiger partial charge in [-0.2, -0.15) is 0 Å². The second-order valence-electron chi connectivity index (χ2n) is 6.00. The summed E-state index contributed by atoms with van der Waals surface area (Å²) in [5.41, 5.74) is 4.02. The molecule has 4 rings (SSSR count). The fourth-order valence-corrected chi connectivity index (χ4v) is 3.75. The summed E-state index contributed by atoms with van der Waals surface area (Å²) in [7, 11) is 0. The Morgan fingerprint density at radius 1 is 0.960 bits per heavy atom. The number of hydrogen-bond acceptors (Lipinski definition) is 2. The van der Waals surface area contributed by atoms with Gasteiger partial charge in [-0.1, -0.05) is 48.0 Å². The number of thiocarbonyl (C=S) groups is 1. The van der Waals surface area contributed by atoms with Crippen LogP contribution in [0, 0.1) is 0 Å². The van der Waals surface area contributed by atoms with Crippen LogP contribution in [-0.4, -0.2) is 11.0 Å². The second-order valence-corrected chi connectivity index (χ2v) is 6.82. The molecule has 25 heavy (non-hydrogen) atoms. The standard InChI is InChI=1S/C20H15ClN2OS/c21-16-7-2-1-5-14(16)19(24)23-20(25)22-17-11-10-13-9-8-12-4-3-6-15(17)18(12)13/h1-7,10-11H,8-9H2,(H2,22,23,24,25). The van der Waals surface area contributed by atoms with Gasteiger partial charge in [0.15, 0.2) is 5.11 Å². The highest BCUT2D eigenvalue weighted by Crippen LogP contribution is 2.34. The first-order valence-corrected chi connectivity index (χ1v) is 8.82. The van der Waals surface area contributed by atoms with Crippen LogP contribution in [0.1, 0.15) is 21.5 Å². The van der Waals surface area contributed by atoms with Crippen molar-refractivity contribution in [2.45, 2.75) is 12.8 Å². The number of benzene rings is 3. The van der Waals surface area contributed by atoms with Gasteiger partial charge < -0.3 is 5.32 Å². The minimum absolute atomic E-state index is 0.253. The predicted octanol–water partition coefficient (Wildman–Crippen LogP) is 4.72. The van der Waals surface area contributed by atoms with Gasteiger partial charge in [-0.3, -0.25) is 10.1 Å². The number of nitrogens with one attached hydrogen (secondary N) is 2. The minimum atomic E-state index is -0.325. The summed E-state index contributed by atoms with van der Waals surface area (Å²) < 4.78 is 0. The van der Waals surface area contributed by atoms with Crippen molar-refractivity contribution in [2.24, 2.45) is 0 Å². The van der Waals surface area contributed by atoms with Crippen LogP contribution in [0.15, 0.2) is 54.6 Å². The van der Waals surface area contributed by atoms with Crippen molar-refractivity contribution in [3.05, 3.63) is 76.3 Å². The van der Waals surface area contributed by atoms with E-state index in [0.717, 1.165) is 23.9 Å². The van der Waals surface area contributed by atoms with Crippen LogP contribution in [0.3, 0.4) is 0 Å². The number of carbonyl (C=O) groups excluding carboxylic acids is 1. The van der Waals surface area contributed by atoms with E-state index < -0.39 is 0 Å². The lowest BCUT2D eigenvalue weighted by Gasteiger charge is -2.13. The molecule has 0 unspecified atom stereocenters. The summed E-state index contributed by atoms with van der Waals surface area (Å²) in [5, 5.41) is 8.91. The average molecular weight is 367 g/mol. The molecule has 1 aliphatic rings. The van der Waals surface area contributed by atoms with E-state index in [0.29, 0.717) is 10.6 Å². The summed E-state index contributed by atoms with van der Waals surface area (Å²) >= 11 is 11.4. The van der Waals surface area contributed by atoms with Crippen LogP contribution >= 0.6 is 23.8 Å². The SMILES string of the molecule is O=C(NC(=S)Nc1ccc2c3c(cccc13)CC2)c1ccccc1Cl. The van der Waals surface area contributed by atoms with Crippen molar-refractivity contribution in [3.8, 4) is 0 Å². The molecule has 0 atom stereocenters. The molecule has 0 aliphatic heterocycles. The average Bonchev–Trinajstić information content (AvgIpc) is 3.02. The third-order valence-corrected chi connectivity index (χ3v) is 5.00. The quantitative estimate of drug-likeness (QED) is 0.645. The van der Waals surface area contributed by atoms with Crippen molar-refractivity contribution >= 4 is 51.3 Å². The van der Waals surface area contributed by atoms with E-state index in [9.17, 15) is 4.79 Å². The maximum Gasteiger partial charge on any atom is 0.258 e. The summed E-state index contributed by atoms with van der Waals surface area (Å²) in [4.78, 5) is 12.3. The maximum atomic E-state index is 12.3. The minimum Gasteiger partial charge on any atom is -0.332 e. The summed E-state index contributed by atoms with van der Waals surface area (Å²) in [6.07, 6.45) is 2.15. The van der Waals surface area contributed by atoms with Crippen molar-refractivity contribution < 1.29 is 4.79 Å². The molecule has 1 amide bonds. The predicted molar refractivity (Wildman–Crippen MR) is 106 cm³/mol. The Morgan fingerprint density at radius 2 is 1.72 bits per heavy atom. The van der Waals surface area contributed by atoms with Crippen molar-refractivity contribution in [3.63, 3.8) is 0 Å². The molecular weight excluding hydrogens is 352 g/mol. The van der Waals surface area contributed by atoms with Crippen LogP contribution in [0.5, 0.6) is 0 Å². The first-order chi connectivity index (χ1) is 12.1. The van der Waals surface area contributed by atoms with E-state index in [2.05, 4.69) is 34.9 Å². The Hall–Kier alpha value is -2.43. The largest absolute Gasteiger partial charge is 0.332 e. The third-order valence-electron chi connectivity index (χ3n) is 4.47. The lowest BCUT2D eigenvalue weighted by atomic mass is 10.0. The smallest absolute Gasteiger partial charge is 0.258 e. The number of hydrogen-bond donors (Lipinski definition) is 2. The highest BCUT2D eigenvalue weighted by atomic mass is 35.5. The van der Waals surface area contributed by atoms with Gasteiger partial charge in [0.2, 0.25) is 0 Å². The maximum absolute atomic E-state index is 12.3. The van der Waals surface area contributed by atoms with E-state index in [4.69, 9.17) is 23.8 Å². The van der Waals surface area contributed by atoms with Crippen molar-refractivity contribution in [2.75, 3.05) is 5.32 Å². The van der Waals surface area contributed by atoms with Gasteiger partial charge in [-0.05, 0) is 59.8 Å². The molecule has 0 fully saturated rings. The van der Waals surface area contributed by atoms with Crippen LogP contribution < -0.4 is 10.6 Å². The van der Waals surface area contributed by atoms with Gasteiger partial charge in [0.05, 0.1) is 10.6 Å². The molecule has 3 aromatic rings. The number of anilines is 1. The van der Waals surface area contributed by atoms with E-state index in [1.165, 1.54) is 16.5 Å². The van der Waals surface area contributed by atoms with Gasteiger partial charge in [-0.15, -0.1) is 0 Å². The van der Waals surface area contributed by atoms with Crippen LogP contribution in [-0.2, 0) is 12.8 Å². The zero-order valence-corrected chi connectivity index (χ0v) is 14.9. The number of aryl methyl sites for hydroxylation is 2. The summed E-state index contributed by atoms with van der Waals surface area (Å²) in [6.45, 7) is 0. The topological polar surface area (TPSA) is 41.1 Å². The first-order valence-electron chi connectivity index (χ1n) is 8.04. The Morgan fingerprint density at radius 3 is 2.52 bits per heavy atom. The zero-order chi connectivity index (χ0) is 17.4. The second kappa shape index (κ2) is 6.47. The van der Waals surface area contributed by atoms with E-state index in [1.54, 1.807) is 24.3 Å². The molecule has 0 bridgehead atoms. The van der Waals surface area contributed by atoms with Crippen LogP contribution in [0.25, 0.3) is 10.8 Å². The van der Waals surface area contributed by atoms with Crippen LogP contribution in [0.4, 0.5) is 5.69 Å². The highest BCUT2D eigenvalue weighted by Gasteiger charge is 2.17. The number of halogens is 1. The normalized spacial score (nSPS) is 12.2. The Kier molecular flexibility index (Phi) is 4.15. The molecule has 3 aromatic carbocycles. The molecule has 0 aromatic heterocycles. The molecule has 0 radical (unpaired) electrons. The van der Waals surface area contributed by atoms with Gasteiger partial charge in [0, 0.05) is 11.1 Å². The number of carbonyl (C=O) groups is 1. The van der Waals surface area contributed by atoms with E-state index in [1.807, 2.05) is 6.07 Å². The Labute approximate surface area is 156 Å². The lowest BCUT2D eigenvalue weighted by Crippen LogP contribution is -2.34. The highest BCUT2D eigenvalue weighted by molar-refractivity contribution is 7.80.